The van der Waals surface area contributed by atoms with Crippen LogP contribution in [0.4, 0.5) is 5.69 Å². The van der Waals surface area contributed by atoms with Gasteiger partial charge in [-0.1, -0.05) is 27.7 Å². The molecule has 1 saturated carbocycles. The lowest BCUT2D eigenvalue weighted by Crippen LogP contribution is -2.29. The Hall–Kier alpha value is -2.93. The SMILES string of the molecule is Cc1nn(-c2cc(NC3CCC(O)CC3)c3c(=O)[nH]c(C(C)C)cc3c2)c2c1C(=O)CC(C)(C)C2. The number of Topliss-reactive ketones (excluding diaryl/α,β-unsaturated/α-hetero) is 1. The number of nitrogens with one attached hydrogen (secondary N) is 2. The molecular formula is C28H36N4O3. The Morgan fingerprint density at radius 3 is 2.51 bits per heavy atom. The third kappa shape index (κ3) is 4.42. The molecule has 0 aliphatic heterocycles. The van der Waals surface area contributed by atoms with Crippen molar-refractivity contribution in [3.05, 3.63) is 51.2 Å². The summed E-state index contributed by atoms with van der Waals surface area (Å²) >= 11 is 0. The van der Waals surface area contributed by atoms with Crippen LogP contribution in [-0.2, 0) is 6.42 Å². The molecular weight excluding hydrogens is 440 g/mol. The molecule has 7 nitrogen and oxygen atoms in total. The van der Waals surface area contributed by atoms with E-state index in [1.807, 2.05) is 23.7 Å². The van der Waals surface area contributed by atoms with Crippen molar-refractivity contribution in [1.29, 1.82) is 0 Å². The molecule has 186 valence electrons. The Morgan fingerprint density at radius 1 is 1.11 bits per heavy atom. The fraction of sp³-hybridized carbons (Fsp3) is 0.536. The number of pyridine rings is 1. The monoisotopic (exact) mass is 476 g/mol. The zero-order chi connectivity index (χ0) is 25.1. The maximum Gasteiger partial charge on any atom is 0.258 e. The van der Waals surface area contributed by atoms with Crippen molar-refractivity contribution in [3.63, 3.8) is 0 Å². The summed E-state index contributed by atoms with van der Waals surface area (Å²) < 4.78 is 1.91. The van der Waals surface area contributed by atoms with Crippen molar-refractivity contribution in [3.8, 4) is 5.69 Å². The van der Waals surface area contributed by atoms with E-state index in [1.54, 1.807) is 0 Å². The second-order valence-corrected chi connectivity index (χ2v) is 11.6. The number of carbonyl (C=O) groups excluding carboxylic acids is 1. The molecule has 2 heterocycles. The summed E-state index contributed by atoms with van der Waals surface area (Å²) in [4.78, 5) is 29.3. The highest BCUT2D eigenvalue weighted by Crippen LogP contribution is 2.38. The summed E-state index contributed by atoms with van der Waals surface area (Å²) in [6.07, 6.45) is 4.27. The molecule has 3 N–H and O–H groups in total. The van der Waals surface area contributed by atoms with E-state index in [0.29, 0.717) is 11.8 Å². The first kappa shape index (κ1) is 23.8. The van der Waals surface area contributed by atoms with Crippen LogP contribution in [0.25, 0.3) is 16.5 Å². The van der Waals surface area contributed by atoms with E-state index in [-0.39, 0.29) is 34.8 Å². The smallest absolute Gasteiger partial charge is 0.258 e. The Morgan fingerprint density at radius 2 is 1.83 bits per heavy atom. The van der Waals surface area contributed by atoms with Gasteiger partial charge in [0.1, 0.15) is 0 Å². The molecule has 1 fully saturated rings. The fourth-order valence-corrected chi connectivity index (χ4v) is 5.75. The Balaban J connectivity index is 1.69. The highest BCUT2D eigenvalue weighted by atomic mass is 16.3. The van der Waals surface area contributed by atoms with Gasteiger partial charge in [-0.25, -0.2) is 4.68 Å². The van der Waals surface area contributed by atoms with Crippen LogP contribution in [-0.4, -0.2) is 37.8 Å². The van der Waals surface area contributed by atoms with Crippen LogP contribution in [0, 0.1) is 12.3 Å². The molecule has 5 rings (SSSR count). The first-order valence-corrected chi connectivity index (χ1v) is 12.8. The van der Waals surface area contributed by atoms with Gasteiger partial charge in [0, 0.05) is 23.8 Å². The predicted octanol–water partition coefficient (Wildman–Crippen LogP) is 5.02. The number of benzene rings is 1. The molecule has 0 atom stereocenters. The number of hydrogen-bond donors (Lipinski definition) is 3. The van der Waals surface area contributed by atoms with Gasteiger partial charge in [-0.15, -0.1) is 0 Å². The molecule has 2 aliphatic rings. The molecule has 2 aromatic heterocycles. The van der Waals surface area contributed by atoms with Crippen LogP contribution in [0.15, 0.2) is 23.0 Å². The normalized spacial score (nSPS) is 22.0. The molecule has 2 aliphatic carbocycles. The van der Waals surface area contributed by atoms with Crippen LogP contribution in [0.2, 0.25) is 0 Å². The number of anilines is 1. The summed E-state index contributed by atoms with van der Waals surface area (Å²) in [6.45, 7) is 10.3. The summed E-state index contributed by atoms with van der Waals surface area (Å²) in [7, 11) is 0. The summed E-state index contributed by atoms with van der Waals surface area (Å²) in [5.74, 6) is 0.337. The van der Waals surface area contributed by atoms with E-state index in [9.17, 15) is 14.7 Å². The van der Waals surface area contributed by atoms with Crippen LogP contribution in [0.1, 0.15) is 93.2 Å². The van der Waals surface area contributed by atoms with Crippen LogP contribution >= 0.6 is 0 Å². The standard InChI is InChI=1S/C28H36N4O3/c1-15(2)21-11-17-10-19(32-23-13-28(4,5)14-24(34)25(23)16(3)31-32)12-22(26(17)27(35)30-21)29-18-6-8-20(33)9-7-18/h10-12,15,18,20,29,33H,6-9,13-14H2,1-5H3,(H,30,35). The van der Waals surface area contributed by atoms with Crippen LogP contribution in [0.5, 0.6) is 0 Å². The number of carbonyl (C=O) groups is 1. The number of aromatic amines is 1. The molecule has 7 heteroatoms. The van der Waals surface area contributed by atoms with Crippen molar-refractivity contribution in [1.82, 2.24) is 14.8 Å². The molecule has 0 radical (unpaired) electrons. The number of aromatic nitrogens is 3. The third-order valence-electron chi connectivity index (χ3n) is 7.59. The van der Waals surface area contributed by atoms with Gasteiger partial charge in [-0.3, -0.25) is 9.59 Å². The largest absolute Gasteiger partial charge is 0.393 e. The van der Waals surface area contributed by atoms with E-state index < -0.39 is 0 Å². The minimum Gasteiger partial charge on any atom is -0.393 e. The predicted molar refractivity (Wildman–Crippen MR) is 139 cm³/mol. The van der Waals surface area contributed by atoms with Gasteiger partial charge in [-0.2, -0.15) is 5.10 Å². The Kier molecular flexibility index (Phi) is 5.86. The van der Waals surface area contributed by atoms with Crippen molar-refractivity contribution in [2.45, 2.75) is 91.2 Å². The highest BCUT2D eigenvalue weighted by Gasteiger charge is 2.36. The number of H-pyrrole nitrogens is 1. The third-order valence-corrected chi connectivity index (χ3v) is 7.59. The van der Waals surface area contributed by atoms with Gasteiger partial charge in [0.05, 0.1) is 34.1 Å². The van der Waals surface area contributed by atoms with Gasteiger partial charge < -0.3 is 15.4 Å². The second-order valence-electron chi connectivity index (χ2n) is 11.6. The lowest BCUT2D eigenvalue weighted by atomic mass is 9.75. The average Bonchev–Trinajstić information content (AvgIpc) is 3.09. The number of hydrogen-bond acceptors (Lipinski definition) is 5. The van der Waals surface area contributed by atoms with Gasteiger partial charge in [-0.05, 0) is 73.9 Å². The van der Waals surface area contributed by atoms with Crippen molar-refractivity contribution in [2.24, 2.45) is 5.41 Å². The molecule has 35 heavy (non-hydrogen) atoms. The number of rotatable bonds is 4. The molecule has 1 aromatic carbocycles. The molecule has 0 saturated heterocycles. The van der Waals surface area contributed by atoms with Gasteiger partial charge in [0.25, 0.3) is 5.56 Å². The Bertz CT molecular complexity index is 1360. The molecule has 0 bridgehead atoms. The van der Waals surface area contributed by atoms with E-state index in [2.05, 4.69) is 44.1 Å². The summed E-state index contributed by atoms with van der Waals surface area (Å²) in [6, 6.07) is 6.26. The Labute approximate surface area is 205 Å². The van der Waals surface area contributed by atoms with Crippen LogP contribution in [0.3, 0.4) is 0 Å². The number of fused-ring (bicyclic) bond motifs is 2. The maximum absolute atomic E-state index is 13.2. The number of nitrogens with zero attached hydrogens (tertiary/aromatic N) is 2. The molecule has 0 unspecified atom stereocenters. The number of aliphatic hydroxyl groups is 1. The highest BCUT2D eigenvalue weighted by molar-refractivity contribution is 6.00. The quantitative estimate of drug-likeness (QED) is 0.491. The van der Waals surface area contributed by atoms with Gasteiger partial charge >= 0.3 is 0 Å². The van der Waals surface area contributed by atoms with E-state index >= 15 is 0 Å². The van der Waals surface area contributed by atoms with Gasteiger partial charge in [0.15, 0.2) is 5.78 Å². The van der Waals surface area contributed by atoms with E-state index in [1.165, 1.54) is 0 Å². The molecule has 0 spiro atoms. The number of aliphatic hydroxyl groups excluding tert-OH is 1. The first-order valence-electron chi connectivity index (χ1n) is 12.8. The maximum atomic E-state index is 13.2. The lowest BCUT2D eigenvalue weighted by molar-refractivity contribution is 0.0910. The van der Waals surface area contributed by atoms with E-state index in [4.69, 9.17) is 5.10 Å². The lowest BCUT2D eigenvalue weighted by Gasteiger charge is -2.29. The number of aryl methyl sites for hydroxylation is 1. The minimum absolute atomic E-state index is 0.105. The fourth-order valence-electron chi connectivity index (χ4n) is 5.75. The van der Waals surface area contributed by atoms with Crippen molar-refractivity contribution < 1.29 is 9.90 Å². The summed E-state index contributed by atoms with van der Waals surface area (Å²) in [5, 5.41) is 19.9. The zero-order valence-corrected chi connectivity index (χ0v) is 21.4. The van der Waals surface area contributed by atoms with Crippen molar-refractivity contribution in [2.75, 3.05) is 5.32 Å². The summed E-state index contributed by atoms with van der Waals surface area (Å²) in [5.41, 5.74) is 4.73. The van der Waals surface area contributed by atoms with Crippen molar-refractivity contribution >= 4 is 22.2 Å². The average molecular weight is 477 g/mol. The molecule has 0 amide bonds. The minimum atomic E-state index is -0.243. The van der Waals surface area contributed by atoms with Gasteiger partial charge in [0.2, 0.25) is 0 Å². The number of ketones is 1. The second kappa shape index (κ2) is 8.63. The van der Waals surface area contributed by atoms with Crippen LogP contribution < -0.4 is 10.9 Å². The zero-order valence-electron chi connectivity index (χ0n) is 21.4. The molecule has 3 aromatic rings. The first-order chi connectivity index (χ1) is 16.5. The van der Waals surface area contributed by atoms with E-state index in [0.717, 1.165) is 71.5 Å². The topological polar surface area (TPSA) is 100 Å².